The van der Waals surface area contributed by atoms with Crippen LogP contribution in [0.1, 0.15) is 43.9 Å². The molecule has 2 aromatic carbocycles. The summed E-state index contributed by atoms with van der Waals surface area (Å²) in [6.07, 6.45) is 5.80. The van der Waals surface area contributed by atoms with Crippen molar-refractivity contribution in [2.75, 3.05) is 0 Å². The molecule has 1 aliphatic rings. The third kappa shape index (κ3) is 4.87. The highest BCUT2D eigenvalue weighted by atomic mass is 28.3. The maximum absolute atomic E-state index is 4.41. The lowest BCUT2D eigenvalue weighted by molar-refractivity contribution is -0.418. The number of benzene rings is 2. The molecule has 2 aromatic rings. The quantitative estimate of drug-likeness (QED) is 0.273. The second-order valence-electron chi connectivity index (χ2n) is 10.9. The molecule has 0 amide bonds. The van der Waals surface area contributed by atoms with E-state index in [2.05, 4.69) is 120 Å². The van der Waals surface area contributed by atoms with Crippen LogP contribution in [-0.2, 0) is 0 Å². The summed E-state index contributed by atoms with van der Waals surface area (Å²) in [6.45, 7) is 23.1. The minimum atomic E-state index is -1.48. The first-order chi connectivity index (χ1) is 13.9. The molecule has 0 aliphatic carbocycles. The van der Waals surface area contributed by atoms with Crippen molar-refractivity contribution in [2.45, 2.75) is 60.7 Å². The van der Waals surface area contributed by atoms with E-state index >= 15 is 0 Å². The zero-order chi connectivity index (χ0) is 22.3. The molecule has 0 aromatic heterocycles. The Morgan fingerprint density at radius 3 is 2.17 bits per heavy atom. The Hall–Kier alpha value is -2.32. The van der Waals surface area contributed by atoms with Gasteiger partial charge in [-0.1, -0.05) is 107 Å². The van der Waals surface area contributed by atoms with Gasteiger partial charge in [0.15, 0.2) is 0 Å². The van der Waals surface area contributed by atoms with Crippen molar-refractivity contribution >= 4 is 14.8 Å². The van der Waals surface area contributed by atoms with Crippen molar-refractivity contribution in [3.8, 4) is 11.1 Å². The summed E-state index contributed by atoms with van der Waals surface area (Å²) in [5.74, 6) is 0. The van der Waals surface area contributed by atoms with Crippen LogP contribution in [0.2, 0.25) is 19.6 Å². The molecule has 0 spiro atoms. The van der Waals surface area contributed by atoms with Gasteiger partial charge >= 0.3 is 0 Å². The van der Waals surface area contributed by atoms with Gasteiger partial charge in [0.25, 0.3) is 0 Å². The Bertz CT molecular complexity index is 1010. The van der Waals surface area contributed by atoms with Crippen molar-refractivity contribution in [1.82, 2.24) is 0 Å². The lowest BCUT2D eigenvalue weighted by atomic mass is 9.84. The molecule has 0 N–H and O–H groups in total. The minimum Gasteiger partial charge on any atom is -0.255 e. The molecule has 158 valence electrons. The second-order valence-corrected chi connectivity index (χ2v) is 15.9. The molecule has 3 rings (SSSR count). The van der Waals surface area contributed by atoms with Gasteiger partial charge < -0.3 is 0 Å². The van der Waals surface area contributed by atoms with E-state index in [-0.39, 0.29) is 5.41 Å². The predicted molar refractivity (Wildman–Crippen MR) is 135 cm³/mol. The Morgan fingerprint density at radius 1 is 0.967 bits per heavy atom. The molecule has 0 atom stereocenters. The molecule has 0 unspecified atom stereocenters. The van der Waals surface area contributed by atoms with Gasteiger partial charge in [-0.25, -0.2) is 0 Å². The number of aryl methyl sites for hydroxylation is 2. The second kappa shape index (κ2) is 8.07. The highest BCUT2D eigenvalue weighted by Crippen LogP contribution is 2.39. The predicted octanol–water partition coefficient (Wildman–Crippen LogP) is 7.70. The van der Waals surface area contributed by atoms with E-state index in [0.717, 1.165) is 6.42 Å². The van der Waals surface area contributed by atoms with E-state index in [1.807, 2.05) is 0 Å². The van der Waals surface area contributed by atoms with E-state index in [1.165, 1.54) is 44.6 Å². The monoisotopic (exact) mass is 415 g/mol. The summed E-state index contributed by atoms with van der Waals surface area (Å²) < 4.78 is 2.10. The summed E-state index contributed by atoms with van der Waals surface area (Å²) in [5.41, 5.74) is 8.17. The number of nitrogens with zero attached hydrogens (tertiary/aromatic N) is 1. The topological polar surface area (TPSA) is 3.01 Å². The fourth-order valence-electron chi connectivity index (χ4n) is 4.32. The van der Waals surface area contributed by atoms with Crippen LogP contribution in [0.25, 0.3) is 11.1 Å². The van der Waals surface area contributed by atoms with Gasteiger partial charge in [-0.3, -0.25) is 4.58 Å². The standard InChI is InChI=1S/C28H37NSi/c1-20-15-21(2)25(17-24(20)22-13-11-10-12-14-22)26-16-23(18-28(3,4)5)27(19-29(26)6)30(7,8)9/h10-17,19H,6,18H2,1-5,7-9H3. The molecule has 0 radical (unpaired) electrons. The molecule has 1 aliphatic heterocycles. The third-order valence-corrected chi connectivity index (χ3v) is 7.78. The van der Waals surface area contributed by atoms with Gasteiger partial charge in [0, 0.05) is 0 Å². The SMILES string of the molecule is C=[N+]1C=C([Si](C)(C)C)C(CC(C)(C)C)=C[C-]1c1cc(-c2ccccc2)c(C)cc1C. The van der Waals surface area contributed by atoms with E-state index in [0.29, 0.717) is 0 Å². The van der Waals surface area contributed by atoms with Crippen LogP contribution in [0.4, 0.5) is 0 Å². The summed E-state index contributed by atoms with van der Waals surface area (Å²) in [7, 11) is -1.48. The molecule has 1 heterocycles. The molecule has 0 fully saturated rings. The maximum Gasteiger partial charge on any atom is 0.147 e. The number of rotatable bonds is 4. The van der Waals surface area contributed by atoms with Crippen LogP contribution in [-0.4, -0.2) is 19.4 Å². The van der Waals surface area contributed by atoms with Crippen molar-refractivity contribution in [3.05, 3.63) is 88.2 Å². The van der Waals surface area contributed by atoms with Crippen LogP contribution in [0, 0.1) is 25.3 Å². The summed E-state index contributed by atoms with van der Waals surface area (Å²) >= 11 is 0. The number of hydrogen-bond donors (Lipinski definition) is 0. The Kier molecular flexibility index (Phi) is 6.02. The highest BCUT2D eigenvalue weighted by molar-refractivity contribution is 6.84. The molecular weight excluding hydrogens is 378 g/mol. The molecule has 0 saturated carbocycles. The minimum absolute atomic E-state index is 0.247. The molecule has 30 heavy (non-hydrogen) atoms. The van der Waals surface area contributed by atoms with Crippen molar-refractivity contribution in [3.63, 3.8) is 0 Å². The van der Waals surface area contributed by atoms with E-state index in [4.69, 9.17) is 0 Å². The van der Waals surface area contributed by atoms with Crippen LogP contribution in [0.15, 0.2) is 65.5 Å². The van der Waals surface area contributed by atoms with Gasteiger partial charge in [-0.2, -0.15) is 0 Å². The summed E-state index contributed by atoms with van der Waals surface area (Å²) in [4.78, 5) is 0. The fraction of sp³-hybridized carbons (Fsp3) is 0.357. The molecule has 0 saturated heterocycles. The Morgan fingerprint density at radius 2 is 1.60 bits per heavy atom. The largest absolute Gasteiger partial charge is 0.255 e. The van der Waals surface area contributed by atoms with Crippen LogP contribution >= 0.6 is 0 Å². The Balaban J connectivity index is 2.13. The van der Waals surface area contributed by atoms with Gasteiger partial charge in [-0.05, 0) is 46.7 Å². The first kappa shape index (κ1) is 22.4. The lowest BCUT2D eigenvalue weighted by Gasteiger charge is -2.34. The first-order valence-electron chi connectivity index (χ1n) is 10.9. The van der Waals surface area contributed by atoms with Crippen molar-refractivity contribution in [2.24, 2.45) is 5.41 Å². The van der Waals surface area contributed by atoms with Crippen LogP contribution < -0.4 is 0 Å². The van der Waals surface area contributed by atoms with E-state index in [1.54, 1.807) is 0 Å². The molecule has 2 heteroatoms. The molecular formula is C28H37NSi. The third-order valence-electron chi connectivity index (χ3n) is 5.71. The first-order valence-corrected chi connectivity index (χ1v) is 14.4. The smallest absolute Gasteiger partial charge is 0.147 e. The van der Waals surface area contributed by atoms with Crippen molar-refractivity contribution < 1.29 is 4.58 Å². The number of allylic oxidation sites excluding steroid dienone is 2. The molecule has 1 nitrogen and oxygen atoms in total. The highest BCUT2D eigenvalue weighted by Gasteiger charge is 2.31. The van der Waals surface area contributed by atoms with E-state index < -0.39 is 8.07 Å². The lowest BCUT2D eigenvalue weighted by Crippen LogP contribution is -2.31. The molecule has 0 bridgehead atoms. The zero-order valence-electron chi connectivity index (χ0n) is 20.1. The zero-order valence-corrected chi connectivity index (χ0v) is 21.1. The van der Waals surface area contributed by atoms with Crippen LogP contribution in [0.3, 0.4) is 0 Å². The number of hydrogen-bond acceptors (Lipinski definition) is 0. The van der Waals surface area contributed by atoms with Gasteiger partial charge in [0.2, 0.25) is 0 Å². The Labute approximate surface area is 184 Å². The normalized spacial score (nSPS) is 15.2. The summed E-state index contributed by atoms with van der Waals surface area (Å²) in [6, 6.07) is 16.6. The van der Waals surface area contributed by atoms with Crippen molar-refractivity contribution in [1.29, 1.82) is 0 Å². The maximum atomic E-state index is 4.41. The van der Waals surface area contributed by atoms with Gasteiger partial charge in [0.1, 0.15) is 12.2 Å². The fourth-order valence-corrected chi connectivity index (χ4v) is 5.98. The summed E-state index contributed by atoms with van der Waals surface area (Å²) in [5, 5.41) is 1.52. The van der Waals surface area contributed by atoms with Gasteiger partial charge in [-0.15, -0.1) is 0 Å². The average Bonchev–Trinajstić information content (AvgIpc) is 2.62. The van der Waals surface area contributed by atoms with Gasteiger partial charge in [0.05, 0.1) is 14.8 Å². The van der Waals surface area contributed by atoms with E-state index in [9.17, 15) is 0 Å². The van der Waals surface area contributed by atoms with Crippen LogP contribution in [0.5, 0.6) is 0 Å². The average molecular weight is 416 g/mol.